The van der Waals surface area contributed by atoms with Crippen molar-refractivity contribution in [1.29, 1.82) is 0 Å². The molecule has 2 aromatic rings. The van der Waals surface area contributed by atoms with E-state index in [1.807, 2.05) is 13.1 Å². The third-order valence-electron chi connectivity index (χ3n) is 6.59. The molecule has 8 heteroatoms. The molecule has 8 nitrogen and oxygen atoms in total. The highest BCUT2D eigenvalue weighted by atomic mass is 16.5. The lowest BCUT2D eigenvalue weighted by atomic mass is 9.73. The van der Waals surface area contributed by atoms with Gasteiger partial charge in [0.15, 0.2) is 5.96 Å². The Morgan fingerprint density at radius 1 is 1.16 bits per heavy atom. The molecule has 0 radical (unpaired) electrons. The number of aromatic nitrogens is 2. The van der Waals surface area contributed by atoms with Crippen LogP contribution in [0.4, 0.5) is 5.95 Å². The molecule has 2 saturated heterocycles. The first-order chi connectivity index (χ1) is 15.6. The smallest absolute Gasteiger partial charge is 0.225 e. The molecule has 0 bridgehead atoms. The topological polar surface area (TPSA) is 75.1 Å². The van der Waals surface area contributed by atoms with E-state index in [0.717, 1.165) is 76.4 Å². The average Bonchev–Trinajstić information content (AvgIpc) is 2.86. The highest BCUT2D eigenvalue weighted by Crippen LogP contribution is 2.40. The number of piperazine rings is 1. The van der Waals surface area contributed by atoms with Crippen molar-refractivity contribution >= 4 is 11.9 Å². The van der Waals surface area contributed by atoms with E-state index in [1.165, 1.54) is 11.1 Å². The molecular weight excluding hydrogens is 404 g/mol. The summed E-state index contributed by atoms with van der Waals surface area (Å²) in [5, 5.41) is 3.69. The van der Waals surface area contributed by atoms with Crippen molar-refractivity contribution in [3.63, 3.8) is 0 Å². The fourth-order valence-electron chi connectivity index (χ4n) is 4.69. The first-order valence-corrected chi connectivity index (χ1v) is 11.4. The lowest BCUT2D eigenvalue weighted by Gasteiger charge is -2.41. The molecule has 2 aliphatic rings. The molecule has 4 rings (SSSR count). The van der Waals surface area contributed by atoms with Crippen LogP contribution in [0.1, 0.15) is 24.0 Å². The van der Waals surface area contributed by atoms with Crippen LogP contribution >= 0.6 is 0 Å². The van der Waals surface area contributed by atoms with Gasteiger partial charge in [0.05, 0.1) is 7.11 Å². The maximum atomic E-state index is 5.76. The van der Waals surface area contributed by atoms with Gasteiger partial charge in [0, 0.05) is 76.4 Å². The maximum Gasteiger partial charge on any atom is 0.225 e. The zero-order chi connectivity index (χ0) is 22.4. The SMILES string of the molecule is CN=C(NCC1(c2cc(C)ccc2OC)CCOCC1)N1CCN(c2ncccn2)CC1. The van der Waals surface area contributed by atoms with Gasteiger partial charge in [-0.05, 0) is 31.9 Å². The van der Waals surface area contributed by atoms with Crippen LogP contribution in [0.5, 0.6) is 5.75 Å². The molecule has 1 aromatic carbocycles. The van der Waals surface area contributed by atoms with E-state index in [4.69, 9.17) is 9.47 Å². The van der Waals surface area contributed by atoms with E-state index in [2.05, 4.69) is 55.2 Å². The van der Waals surface area contributed by atoms with Crippen molar-refractivity contribution in [1.82, 2.24) is 20.2 Å². The number of hydrogen-bond acceptors (Lipinski definition) is 6. The number of nitrogens with one attached hydrogen (secondary N) is 1. The summed E-state index contributed by atoms with van der Waals surface area (Å²) in [4.78, 5) is 17.9. The summed E-state index contributed by atoms with van der Waals surface area (Å²) >= 11 is 0. The summed E-state index contributed by atoms with van der Waals surface area (Å²) in [5.74, 6) is 2.68. The van der Waals surface area contributed by atoms with Crippen LogP contribution in [-0.2, 0) is 10.2 Å². The monoisotopic (exact) mass is 438 g/mol. The summed E-state index contributed by atoms with van der Waals surface area (Å²) in [6, 6.07) is 8.31. The predicted octanol–water partition coefficient (Wildman–Crippen LogP) is 2.24. The number of methoxy groups -OCH3 is 1. The van der Waals surface area contributed by atoms with Crippen LogP contribution in [0.3, 0.4) is 0 Å². The average molecular weight is 439 g/mol. The van der Waals surface area contributed by atoms with Crippen LogP contribution in [0.2, 0.25) is 0 Å². The Balaban J connectivity index is 1.45. The Labute approximate surface area is 190 Å². The summed E-state index contributed by atoms with van der Waals surface area (Å²) in [5.41, 5.74) is 2.46. The highest BCUT2D eigenvalue weighted by Gasteiger charge is 2.37. The number of guanidine groups is 1. The van der Waals surface area contributed by atoms with Crippen molar-refractivity contribution in [2.45, 2.75) is 25.2 Å². The quantitative estimate of drug-likeness (QED) is 0.567. The van der Waals surface area contributed by atoms with Gasteiger partial charge in [-0.2, -0.15) is 0 Å². The second-order valence-corrected chi connectivity index (χ2v) is 8.52. The second kappa shape index (κ2) is 10.2. The first-order valence-electron chi connectivity index (χ1n) is 11.4. The van der Waals surface area contributed by atoms with Crippen molar-refractivity contribution in [2.24, 2.45) is 4.99 Å². The molecule has 1 aromatic heterocycles. The van der Waals surface area contributed by atoms with Crippen LogP contribution in [0.25, 0.3) is 0 Å². The van der Waals surface area contributed by atoms with Crippen LogP contribution in [0.15, 0.2) is 41.7 Å². The molecule has 1 N–H and O–H groups in total. The number of aryl methyl sites for hydroxylation is 1. The number of rotatable bonds is 5. The molecule has 0 atom stereocenters. The molecule has 32 heavy (non-hydrogen) atoms. The van der Waals surface area contributed by atoms with E-state index in [-0.39, 0.29) is 5.41 Å². The van der Waals surface area contributed by atoms with Gasteiger partial charge < -0.3 is 24.6 Å². The molecule has 0 saturated carbocycles. The first kappa shape index (κ1) is 22.3. The van der Waals surface area contributed by atoms with E-state index < -0.39 is 0 Å². The number of aliphatic imine (C=N–C) groups is 1. The molecule has 0 aliphatic carbocycles. The van der Waals surface area contributed by atoms with E-state index in [9.17, 15) is 0 Å². The van der Waals surface area contributed by atoms with Crippen molar-refractivity contribution in [2.75, 3.05) is 65.0 Å². The number of hydrogen-bond donors (Lipinski definition) is 1. The van der Waals surface area contributed by atoms with Gasteiger partial charge in [0.2, 0.25) is 5.95 Å². The minimum atomic E-state index is -0.0503. The minimum Gasteiger partial charge on any atom is -0.496 e. The second-order valence-electron chi connectivity index (χ2n) is 8.52. The van der Waals surface area contributed by atoms with Gasteiger partial charge in [0.25, 0.3) is 0 Å². The fraction of sp³-hybridized carbons (Fsp3) is 0.542. The van der Waals surface area contributed by atoms with Crippen molar-refractivity contribution < 1.29 is 9.47 Å². The lowest BCUT2D eigenvalue weighted by Crippen LogP contribution is -2.55. The van der Waals surface area contributed by atoms with Gasteiger partial charge in [-0.25, -0.2) is 9.97 Å². The largest absolute Gasteiger partial charge is 0.496 e. The molecular formula is C24H34N6O2. The zero-order valence-electron chi connectivity index (χ0n) is 19.4. The summed E-state index contributed by atoms with van der Waals surface area (Å²) < 4.78 is 11.5. The van der Waals surface area contributed by atoms with Crippen LogP contribution in [-0.4, -0.2) is 80.9 Å². The number of anilines is 1. The minimum absolute atomic E-state index is 0.0503. The third kappa shape index (κ3) is 4.80. The standard InChI is InChI=1S/C24H34N6O2/c1-19-5-6-21(31-3)20(17-19)24(7-15-32-16-8-24)18-28-22(25-2)29-11-13-30(14-12-29)23-26-9-4-10-27-23/h4-6,9-10,17H,7-8,11-16,18H2,1-3H3,(H,25,28). The lowest BCUT2D eigenvalue weighted by molar-refractivity contribution is 0.0503. The van der Waals surface area contributed by atoms with Gasteiger partial charge >= 0.3 is 0 Å². The number of benzene rings is 1. The van der Waals surface area contributed by atoms with E-state index in [1.54, 1.807) is 19.5 Å². The summed E-state index contributed by atoms with van der Waals surface area (Å²) in [6.45, 7) is 7.94. The molecule has 0 spiro atoms. The third-order valence-corrected chi connectivity index (χ3v) is 6.59. The zero-order valence-corrected chi connectivity index (χ0v) is 19.4. The molecule has 172 valence electrons. The predicted molar refractivity (Wildman–Crippen MR) is 127 cm³/mol. The summed E-state index contributed by atoms with van der Waals surface area (Å²) in [6.07, 6.45) is 5.50. The Bertz CT molecular complexity index is 906. The Morgan fingerprint density at radius 3 is 2.53 bits per heavy atom. The van der Waals surface area contributed by atoms with Crippen LogP contribution in [0, 0.1) is 6.92 Å². The van der Waals surface area contributed by atoms with Crippen LogP contribution < -0.4 is 15.0 Å². The Morgan fingerprint density at radius 2 is 1.88 bits per heavy atom. The van der Waals surface area contributed by atoms with Crippen molar-refractivity contribution in [3.8, 4) is 5.75 Å². The molecule has 0 amide bonds. The number of nitrogens with zero attached hydrogens (tertiary/aromatic N) is 5. The van der Waals surface area contributed by atoms with Crippen molar-refractivity contribution in [3.05, 3.63) is 47.8 Å². The van der Waals surface area contributed by atoms with Gasteiger partial charge in [-0.15, -0.1) is 0 Å². The van der Waals surface area contributed by atoms with E-state index in [0.29, 0.717) is 0 Å². The van der Waals surface area contributed by atoms with Gasteiger partial charge in [-0.3, -0.25) is 4.99 Å². The Hall–Kier alpha value is -2.87. The number of ether oxygens (including phenoxy) is 2. The molecule has 0 unspecified atom stereocenters. The van der Waals surface area contributed by atoms with Gasteiger partial charge in [0.1, 0.15) is 5.75 Å². The molecule has 3 heterocycles. The summed E-state index contributed by atoms with van der Waals surface area (Å²) in [7, 11) is 3.61. The molecule has 2 fully saturated rings. The maximum absolute atomic E-state index is 5.76. The van der Waals surface area contributed by atoms with E-state index >= 15 is 0 Å². The van der Waals surface area contributed by atoms with Gasteiger partial charge in [-0.1, -0.05) is 17.7 Å². The Kier molecular flexibility index (Phi) is 7.09. The normalized spacial score (nSPS) is 19.0. The molecule has 2 aliphatic heterocycles. The highest BCUT2D eigenvalue weighted by molar-refractivity contribution is 5.80. The fourth-order valence-corrected chi connectivity index (χ4v) is 4.69.